The van der Waals surface area contributed by atoms with Gasteiger partial charge in [-0.2, -0.15) is 5.10 Å². The van der Waals surface area contributed by atoms with Gasteiger partial charge in [0, 0.05) is 30.8 Å². The first-order valence-corrected chi connectivity index (χ1v) is 11.6. The molecule has 0 saturated heterocycles. The van der Waals surface area contributed by atoms with Gasteiger partial charge in [0.1, 0.15) is 5.60 Å². The molecule has 0 bridgehead atoms. The van der Waals surface area contributed by atoms with Gasteiger partial charge in [-0.15, -0.1) is 0 Å². The van der Waals surface area contributed by atoms with E-state index in [1.807, 2.05) is 17.8 Å². The highest BCUT2D eigenvalue weighted by Crippen LogP contribution is 2.43. The molecule has 8 heteroatoms. The molecule has 3 heterocycles. The first kappa shape index (κ1) is 20.3. The molecule has 1 spiro atoms. The molecule has 2 fully saturated rings. The van der Waals surface area contributed by atoms with E-state index >= 15 is 0 Å². The van der Waals surface area contributed by atoms with Crippen molar-refractivity contribution in [2.45, 2.75) is 89.8 Å². The highest BCUT2D eigenvalue weighted by atomic mass is 16.7. The minimum atomic E-state index is -0.676. The number of hydrogen-bond donors (Lipinski definition) is 2. The summed E-state index contributed by atoms with van der Waals surface area (Å²) in [5.74, 6) is -0.904. The van der Waals surface area contributed by atoms with E-state index < -0.39 is 5.97 Å². The van der Waals surface area contributed by atoms with E-state index in [0.29, 0.717) is 12.8 Å². The van der Waals surface area contributed by atoms with Crippen LogP contribution >= 0.6 is 0 Å². The van der Waals surface area contributed by atoms with Gasteiger partial charge < -0.3 is 15.3 Å². The van der Waals surface area contributed by atoms with E-state index in [1.54, 1.807) is 0 Å². The van der Waals surface area contributed by atoms with Crippen molar-refractivity contribution < 1.29 is 14.7 Å². The number of rotatable bonds is 5. The van der Waals surface area contributed by atoms with Crippen LogP contribution in [-0.4, -0.2) is 43.2 Å². The molecule has 2 N–H and O–H groups in total. The van der Waals surface area contributed by atoms with Crippen LogP contribution in [0.4, 0.5) is 5.69 Å². The van der Waals surface area contributed by atoms with Crippen molar-refractivity contribution in [2.24, 2.45) is 11.1 Å². The summed E-state index contributed by atoms with van der Waals surface area (Å²) in [4.78, 5) is 22.1. The van der Waals surface area contributed by atoms with Gasteiger partial charge in [-0.25, -0.2) is 9.67 Å². The summed E-state index contributed by atoms with van der Waals surface area (Å²) in [6, 6.07) is 0.229. The molecule has 0 radical (unpaired) electrons. The van der Waals surface area contributed by atoms with Gasteiger partial charge in [0.05, 0.1) is 28.4 Å². The van der Waals surface area contributed by atoms with E-state index in [-0.39, 0.29) is 17.6 Å². The van der Waals surface area contributed by atoms with Crippen LogP contribution in [-0.2, 0) is 16.2 Å². The molecule has 8 nitrogen and oxygen atoms in total. The molecule has 31 heavy (non-hydrogen) atoms. The Bertz CT molecular complexity index is 1030. The number of carboxylic acid groups (broad SMARTS) is 1. The Morgan fingerprint density at radius 2 is 2.03 bits per heavy atom. The van der Waals surface area contributed by atoms with Gasteiger partial charge in [-0.3, -0.25) is 4.79 Å². The zero-order chi connectivity index (χ0) is 21.6. The number of fused-ring (bicyclic) bond motifs is 1. The monoisotopic (exact) mass is 425 g/mol. The molecular weight excluding hydrogens is 394 g/mol. The second kappa shape index (κ2) is 7.80. The fourth-order valence-electron chi connectivity index (χ4n) is 5.55. The lowest BCUT2D eigenvalue weighted by Gasteiger charge is -2.28. The Hall–Kier alpha value is -2.64. The highest BCUT2D eigenvalue weighted by Gasteiger charge is 2.43. The number of nitrogens with one attached hydrogen (secondary N) is 1. The third kappa shape index (κ3) is 3.55. The first-order valence-electron chi connectivity index (χ1n) is 11.6. The molecule has 0 atom stereocenters. The molecule has 5 rings (SSSR count). The Kier molecular flexibility index (Phi) is 5.10. The maximum absolute atomic E-state index is 11.4. The molecule has 1 aliphatic heterocycles. The van der Waals surface area contributed by atoms with Crippen molar-refractivity contribution in [3.8, 4) is 0 Å². The minimum Gasteiger partial charge on any atom is -0.481 e. The highest BCUT2D eigenvalue weighted by molar-refractivity contribution is 6.11. The third-order valence-electron chi connectivity index (χ3n) is 7.33. The topological polar surface area (TPSA) is 102 Å². The smallest absolute Gasteiger partial charge is 0.306 e. The Morgan fingerprint density at radius 3 is 2.71 bits per heavy atom. The van der Waals surface area contributed by atoms with Crippen LogP contribution in [0.2, 0.25) is 0 Å². The molecule has 2 aromatic rings. The van der Waals surface area contributed by atoms with E-state index in [9.17, 15) is 9.90 Å². The number of aromatic nitrogens is 3. The number of nitrogens with zero attached hydrogens (tertiary/aromatic N) is 4. The molecule has 166 valence electrons. The number of carboxylic acids is 1. The van der Waals surface area contributed by atoms with E-state index in [4.69, 9.17) is 14.9 Å². The van der Waals surface area contributed by atoms with Crippen molar-refractivity contribution in [2.75, 3.05) is 5.32 Å². The van der Waals surface area contributed by atoms with Gasteiger partial charge in [-0.1, -0.05) is 5.16 Å². The lowest BCUT2D eigenvalue weighted by molar-refractivity contribution is -0.142. The predicted molar refractivity (Wildman–Crippen MR) is 118 cm³/mol. The number of oxime groups is 1. The van der Waals surface area contributed by atoms with Gasteiger partial charge in [-0.05, 0) is 65.2 Å². The molecular formula is C23H31N5O3. The predicted octanol–water partition coefficient (Wildman–Crippen LogP) is 4.25. The van der Waals surface area contributed by atoms with Crippen molar-refractivity contribution in [3.05, 3.63) is 17.5 Å². The summed E-state index contributed by atoms with van der Waals surface area (Å²) in [5, 5.41) is 23.4. The molecule has 2 aliphatic carbocycles. The fourth-order valence-corrected chi connectivity index (χ4v) is 5.55. The van der Waals surface area contributed by atoms with Crippen molar-refractivity contribution in [1.82, 2.24) is 14.8 Å². The van der Waals surface area contributed by atoms with E-state index in [0.717, 1.165) is 72.3 Å². The van der Waals surface area contributed by atoms with E-state index in [1.165, 1.54) is 12.8 Å². The first-order chi connectivity index (χ1) is 15.0. The lowest BCUT2D eigenvalue weighted by atomic mass is 9.85. The molecule has 0 unspecified atom stereocenters. The molecule has 0 aromatic carbocycles. The summed E-state index contributed by atoms with van der Waals surface area (Å²) in [6.45, 7) is 4.85. The van der Waals surface area contributed by atoms with Gasteiger partial charge in [0.25, 0.3) is 0 Å². The molecule has 3 aliphatic rings. The van der Waals surface area contributed by atoms with Gasteiger partial charge in [0.15, 0.2) is 5.65 Å². The summed E-state index contributed by atoms with van der Waals surface area (Å²) >= 11 is 0. The van der Waals surface area contributed by atoms with Crippen LogP contribution in [0, 0.1) is 12.8 Å². The Balaban J connectivity index is 1.50. The average molecular weight is 426 g/mol. The lowest BCUT2D eigenvalue weighted by Crippen LogP contribution is -2.30. The summed E-state index contributed by atoms with van der Waals surface area (Å²) in [5.41, 5.74) is 4.67. The standard InChI is InChI=1S/C23H31N5O3/c1-3-28-21-19(14(2)26-28)20(25-16-8-6-15(7-9-16)22(29)30)17(13-24-21)18-12-23(31-27-18)10-4-5-11-23/h13,15-16H,3-12H2,1-2H3,(H,24,25)(H,29,30). The van der Waals surface area contributed by atoms with E-state index in [2.05, 4.69) is 17.4 Å². The van der Waals surface area contributed by atoms with Crippen molar-refractivity contribution >= 4 is 28.4 Å². The summed E-state index contributed by atoms with van der Waals surface area (Å²) < 4.78 is 1.94. The normalized spacial score (nSPS) is 25.0. The van der Waals surface area contributed by atoms with Crippen LogP contribution in [0.1, 0.15) is 76.0 Å². The minimum absolute atomic E-state index is 0.135. The second-order valence-corrected chi connectivity index (χ2v) is 9.37. The number of anilines is 1. The van der Waals surface area contributed by atoms with Crippen LogP contribution in [0.25, 0.3) is 11.0 Å². The Labute approximate surface area is 182 Å². The summed E-state index contributed by atoms with van der Waals surface area (Å²) in [6.07, 6.45) is 10.3. The van der Waals surface area contributed by atoms with Crippen LogP contribution < -0.4 is 5.32 Å². The average Bonchev–Trinajstić information content (AvgIpc) is 3.49. The van der Waals surface area contributed by atoms with Crippen LogP contribution in [0.5, 0.6) is 0 Å². The molecule has 0 amide bonds. The number of aliphatic carboxylic acids is 1. The summed E-state index contributed by atoms with van der Waals surface area (Å²) in [7, 11) is 0. The maximum Gasteiger partial charge on any atom is 0.306 e. The van der Waals surface area contributed by atoms with Gasteiger partial charge in [0.2, 0.25) is 0 Å². The molecule has 2 saturated carbocycles. The van der Waals surface area contributed by atoms with Crippen molar-refractivity contribution in [1.29, 1.82) is 0 Å². The van der Waals surface area contributed by atoms with Gasteiger partial charge >= 0.3 is 5.97 Å². The van der Waals surface area contributed by atoms with Crippen LogP contribution in [0.15, 0.2) is 11.4 Å². The number of pyridine rings is 1. The fraction of sp³-hybridized carbons (Fsp3) is 0.652. The van der Waals surface area contributed by atoms with Crippen molar-refractivity contribution in [3.63, 3.8) is 0 Å². The SMILES string of the molecule is CCn1nc(C)c2c(NC3CCC(C(=O)O)CC3)c(C3=NOC4(CCCC4)C3)cnc21. The maximum atomic E-state index is 11.4. The largest absolute Gasteiger partial charge is 0.481 e. The zero-order valence-electron chi connectivity index (χ0n) is 18.4. The second-order valence-electron chi connectivity index (χ2n) is 9.37. The third-order valence-corrected chi connectivity index (χ3v) is 7.33. The molecule has 2 aromatic heterocycles. The number of carbonyl (C=O) groups is 1. The quantitative estimate of drug-likeness (QED) is 0.742. The Morgan fingerprint density at radius 1 is 1.29 bits per heavy atom. The van der Waals surface area contributed by atoms with Crippen LogP contribution in [0.3, 0.4) is 0 Å². The number of hydrogen-bond acceptors (Lipinski definition) is 6. The number of aryl methyl sites for hydroxylation is 2. The zero-order valence-corrected chi connectivity index (χ0v) is 18.4.